The monoisotopic (exact) mass is 371 g/mol. The van der Waals surface area contributed by atoms with Crippen molar-refractivity contribution in [3.8, 4) is 5.75 Å². The van der Waals surface area contributed by atoms with E-state index in [9.17, 15) is 9.59 Å². The summed E-state index contributed by atoms with van der Waals surface area (Å²) in [5.74, 6) is 2.06. The van der Waals surface area contributed by atoms with Gasteiger partial charge < -0.3 is 10.1 Å². The van der Waals surface area contributed by atoms with Crippen LogP contribution in [0.3, 0.4) is 0 Å². The molecule has 5 heteroatoms. The number of nitrogens with one attached hydrogen (secondary N) is 1. The van der Waals surface area contributed by atoms with Gasteiger partial charge in [0, 0.05) is 11.3 Å². The Bertz CT molecular complexity index is 753. The van der Waals surface area contributed by atoms with Crippen molar-refractivity contribution in [1.82, 2.24) is 0 Å². The molecule has 0 heterocycles. The Morgan fingerprint density at radius 1 is 1.08 bits per heavy atom. The topological polar surface area (TPSA) is 55.4 Å². The average Bonchev–Trinajstić information content (AvgIpc) is 2.57. The zero-order chi connectivity index (χ0) is 18.9. The van der Waals surface area contributed by atoms with Gasteiger partial charge in [-0.1, -0.05) is 18.2 Å². The van der Waals surface area contributed by atoms with Gasteiger partial charge in [-0.3, -0.25) is 9.59 Å². The second-order valence-corrected chi connectivity index (χ2v) is 7.37. The summed E-state index contributed by atoms with van der Waals surface area (Å²) in [6, 6.07) is 13.2. The summed E-state index contributed by atoms with van der Waals surface area (Å²) in [7, 11) is 0. The van der Waals surface area contributed by atoms with Gasteiger partial charge in [-0.2, -0.15) is 11.8 Å². The quantitative estimate of drug-likeness (QED) is 0.515. The van der Waals surface area contributed by atoms with Crippen LogP contribution in [0.25, 0.3) is 0 Å². The number of anilines is 1. The number of hydrogen-bond donors (Lipinski definition) is 1. The molecule has 1 amide bonds. The molecule has 0 aromatic heterocycles. The molecule has 138 valence electrons. The van der Waals surface area contributed by atoms with Gasteiger partial charge >= 0.3 is 0 Å². The number of Topliss-reactive ketones (excluding diaryl/α,β-unsaturated/α-hetero) is 1. The number of hydrogen-bond acceptors (Lipinski definition) is 4. The van der Waals surface area contributed by atoms with Crippen molar-refractivity contribution in [2.24, 2.45) is 0 Å². The fraction of sp³-hybridized carbons (Fsp3) is 0.333. The summed E-state index contributed by atoms with van der Waals surface area (Å²) in [6.07, 6.45) is 0.880. The highest BCUT2D eigenvalue weighted by atomic mass is 32.2. The number of ketones is 1. The van der Waals surface area contributed by atoms with Crippen LogP contribution in [0.15, 0.2) is 42.5 Å². The Hall–Kier alpha value is -2.27. The van der Waals surface area contributed by atoms with Gasteiger partial charge in [-0.15, -0.1) is 0 Å². The van der Waals surface area contributed by atoms with E-state index in [1.807, 2.05) is 12.1 Å². The van der Waals surface area contributed by atoms with Gasteiger partial charge in [0.05, 0.1) is 12.4 Å². The molecule has 1 N–H and O–H groups in total. The number of rotatable bonds is 9. The Kier molecular flexibility index (Phi) is 7.73. The highest BCUT2D eigenvalue weighted by Gasteiger charge is 2.05. The van der Waals surface area contributed by atoms with Gasteiger partial charge in [0.1, 0.15) is 5.75 Å². The average molecular weight is 372 g/mol. The lowest BCUT2D eigenvalue weighted by Gasteiger charge is -2.08. The minimum atomic E-state index is -0.0640. The molecular formula is C21H25NO3S. The molecule has 0 unspecified atom stereocenters. The molecule has 0 aliphatic rings. The third kappa shape index (κ3) is 6.92. The first-order valence-corrected chi connectivity index (χ1v) is 9.79. The fourth-order valence-electron chi connectivity index (χ4n) is 2.55. The van der Waals surface area contributed by atoms with Crippen molar-refractivity contribution >= 4 is 29.1 Å². The molecule has 0 saturated carbocycles. The van der Waals surface area contributed by atoms with Crippen molar-refractivity contribution in [2.45, 2.75) is 27.2 Å². The molecule has 26 heavy (non-hydrogen) atoms. The molecule has 0 aliphatic carbocycles. The highest BCUT2D eigenvalue weighted by Crippen LogP contribution is 2.17. The lowest BCUT2D eigenvalue weighted by molar-refractivity contribution is -0.113. The summed E-state index contributed by atoms with van der Waals surface area (Å²) >= 11 is 1.57. The van der Waals surface area contributed by atoms with Crippen LogP contribution < -0.4 is 10.1 Å². The van der Waals surface area contributed by atoms with E-state index in [1.54, 1.807) is 36.0 Å². The second kappa shape index (κ2) is 10.0. The number of amides is 1. The Labute approximate surface area is 159 Å². The van der Waals surface area contributed by atoms with E-state index in [0.29, 0.717) is 23.6 Å². The Balaban J connectivity index is 1.64. The standard InChI is InChI=1S/C21H25NO3S/c1-15-10-16(2)12-20(11-15)25-8-5-9-26-14-21(24)22-19-7-4-6-18(13-19)17(3)23/h4,6-7,10-13H,5,8-9,14H2,1-3H3,(H,22,24). The lowest BCUT2D eigenvalue weighted by Crippen LogP contribution is -2.15. The number of ether oxygens (including phenoxy) is 1. The van der Waals surface area contributed by atoms with Crippen molar-refractivity contribution < 1.29 is 14.3 Å². The number of thioether (sulfide) groups is 1. The van der Waals surface area contributed by atoms with Crippen LogP contribution in [0.2, 0.25) is 0 Å². The van der Waals surface area contributed by atoms with E-state index in [0.717, 1.165) is 17.9 Å². The number of aryl methyl sites for hydroxylation is 2. The molecule has 4 nitrogen and oxygen atoms in total. The number of carbonyl (C=O) groups is 2. The molecule has 2 aromatic rings. The normalized spacial score (nSPS) is 10.4. The summed E-state index contributed by atoms with van der Waals surface area (Å²) in [4.78, 5) is 23.3. The predicted octanol–water partition coefficient (Wildman–Crippen LogP) is 4.65. The molecular weight excluding hydrogens is 346 g/mol. The molecule has 0 radical (unpaired) electrons. The number of carbonyl (C=O) groups excluding carboxylic acids is 2. The Morgan fingerprint density at radius 2 is 1.81 bits per heavy atom. The Morgan fingerprint density at radius 3 is 2.50 bits per heavy atom. The van der Waals surface area contributed by atoms with Gasteiger partial charge in [0.15, 0.2) is 5.78 Å². The van der Waals surface area contributed by atoms with Crippen molar-refractivity contribution in [2.75, 3.05) is 23.4 Å². The first-order valence-electron chi connectivity index (χ1n) is 8.64. The van der Waals surface area contributed by atoms with Crippen LogP contribution in [0.1, 0.15) is 34.8 Å². The zero-order valence-corrected chi connectivity index (χ0v) is 16.3. The molecule has 0 bridgehead atoms. The molecule has 0 saturated heterocycles. The van der Waals surface area contributed by atoms with Crippen molar-refractivity contribution in [3.05, 3.63) is 59.2 Å². The molecule has 0 fully saturated rings. The van der Waals surface area contributed by atoms with E-state index >= 15 is 0 Å². The first kappa shape index (κ1) is 20.0. The third-order valence-corrected chi connectivity index (χ3v) is 4.73. The summed E-state index contributed by atoms with van der Waals surface area (Å²) in [5.41, 5.74) is 3.64. The fourth-order valence-corrected chi connectivity index (χ4v) is 3.27. The predicted molar refractivity (Wildman–Crippen MR) is 108 cm³/mol. The zero-order valence-electron chi connectivity index (χ0n) is 15.5. The van der Waals surface area contributed by atoms with Crippen molar-refractivity contribution in [1.29, 1.82) is 0 Å². The van der Waals surface area contributed by atoms with Crippen LogP contribution >= 0.6 is 11.8 Å². The summed E-state index contributed by atoms with van der Waals surface area (Å²) < 4.78 is 5.76. The van der Waals surface area contributed by atoms with Gasteiger partial charge in [-0.25, -0.2) is 0 Å². The minimum Gasteiger partial charge on any atom is -0.494 e. The van der Waals surface area contributed by atoms with Crippen molar-refractivity contribution in [3.63, 3.8) is 0 Å². The van der Waals surface area contributed by atoms with Gasteiger partial charge in [-0.05, 0) is 68.3 Å². The van der Waals surface area contributed by atoms with E-state index in [1.165, 1.54) is 18.1 Å². The van der Waals surface area contributed by atoms with Gasteiger partial charge in [0.25, 0.3) is 0 Å². The maximum Gasteiger partial charge on any atom is 0.234 e. The highest BCUT2D eigenvalue weighted by molar-refractivity contribution is 7.99. The molecule has 0 aliphatic heterocycles. The van der Waals surface area contributed by atoms with E-state index in [4.69, 9.17) is 4.74 Å². The smallest absolute Gasteiger partial charge is 0.234 e. The van der Waals surface area contributed by atoms with Crippen LogP contribution in [-0.2, 0) is 4.79 Å². The maximum absolute atomic E-state index is 12.0. The van der Waals surface area contributed by atoms with E-state index in [2.05, 4.69) is 25.2 Å². The van der Waals surface area contributed by atoms with E-state index in [-0.39, 0.29) is 11.7 Å². The molecule has 2 rings (SSSR count). The van der Waals surface area contributed by atoms with Crippen LogP contribution in [0.5, 0.6) is 5.75 Å². The second-order valence-electron chi connectivity index (χ2n) is 6.26. The minimum absolute atomic E-state index is 0.0146. The third-order valence-electron chi connectivity index (χ3n) is 3.68. The SMILES string of the molecule is CC(=O)c1cccc(NC(=O)CSCCCOc2cc(C)cc(C)c2)c1. The van der Waals surface area contributed by atoms with Crippen LogP contribution in [0.4, 0.5) is 5.69 Å². The largest absolute Gasteiger partial charge is 0.494 e. The molecule has 0 spiro atoms. The van der Waals surface area contributed by atoms with Crippen LogP contribution in [0, 0.1) is 13.8 Å². The summed E-state index contributed by atoms with van der Waals surface area (Å²) in [5, 5.41) is 2.82. The maximum atomic E-state index is 12.0. The summed E-state index contributed by atoms with van der Waals surface area (Å²) in [6.45, 7) is 6.26. The van der Waals surface area contributed by atoms with E-state index < -0.39 is 0 Å². The number of benzene rings is 2. The van der Waals surface area contributed by atoms with Gasteiger partial charge in [0.2, 0.25) is 5.91 Å². The molecule has 2 aromatic carbocycles. The lowest BCUT2D eigenvalue weighted by atomic mass is 10.1. The molecule has 0 atom stereocenters. The first-order chi connectivity index (χ1) is 12.4. The van der Waals surface area contributed by atoms with Crippen LogP contribution in [-0.4, -0.2) is 29.8 Å².